The van der Waals surface area contributed by atoms with Crippen molar-refractivity contribution in [3.8, 4) is 17.2 Å². The van der Waals surface area contributed by atoms with E-state index in [1.165, 1.54) is 57.8 Å². The van der Waals surface area contributed by atoms with Gasteiger partial charge in [0, 0.05) is 11.9 Å². The van der Waals surface area contributed by atoms with Gasteiger partial charge in [-0.2, -0.15) is 0 Å². The molecule has 66 heavy (non-hydrogen) atoms. The van der Waals surface area contributed by atoms with Crippen molar-refractivity contribution in [1.29, 1.82) is 0 Å². The van der Waals surface area contributed by atoms with Gasteiger partial charge in [-0.15, -0.1) is 0 Å². The maximum atomic E-state index is 13.6. The van der Waals surface area contributed by atoms with Crippen molar-refractivity contribution in [2.45, 2.75) is 131 Å². The topological polar surface area (TPSA) is 149 Å². The Balaban J connectivity index is 1.52. The van der Waals surface area contributed by atoms with Crippen LogP contribution in [0.15, 0.2) is 79.0 Å². The number of nitrogens with one attached hydrogen (secondary N) is 1. The third-order valence-electron chi connectivity index (χ3n) is 11.3. The number of carbonyl (C=O) groups is 4. The Morgan fingerprint density at radius 1 is 0.424 bits per heavy atom. The highest BCUT2D eigenvalue weighted by atomic mass is 16.6. The number of hydrogen-bond donors (Lipinski definition) is 1. The normalized spacial score (nSPS) is 11.2. The first-order valence-electron chi connectivity index (χ1n) is 24.1. The van der Waals surface area contributed by atoms with Crippen LogP contribution in [0.2, 0.25) is 0 Å². The third-order valence-corrected chi connectivity index (χ3v) is 11.3. The Kier molecular flexibility index (Phi) is 23.8. The Morgan fingerprint density at radius 2 is 0.727 bits per heavy atom. The molecule has 0 aliphatic heterocycles. The number of H-pyrrole nitrogens is 1. The van der Waals surface area contributed by atoms with Crippen molar-refractivity contribution in [1.82, 2.24) is 4.98 Å². The molecule has 0 amide bonds. The smallest absolute Gasteiger partial charge is 0.340 e. The van der Waals surface area contributed by atoms with Gasteiger partial charge in [0.2, 0.25) is 0 Å². The van der Waals surface area contributed by atoms with Gasteiger partial charge in [-0.3, -0.25) is 0 Å². The van der Waals surface area contributed by atoms with E-state index in [4.69, 9.17) is 33.2 Å². The minimum Gasteiger partial charge on any atom is -0.494 e. The van der Waals surface area contributed by atoms with Crippen LogP contribution in [0, 0.1) is 19.3 Å². The molecule has 4 rings (SSSR count). The maximum Gasteiger partial charge on any atom is 0.340 e. The van der Waals surface area contributed by atoms with E-state index in [0.29, 0.717) is 53.9 Å². The Bertz CT molecular complexity index is 1820. The van der Waals surface area contributed by atoms with Crippen molar-refractivity contribution in [2.24, 2.45) is 5.41 Å². The minimum atomic E-state index is -1.54. The molecule has 1 aromatic heterocycles. The molecule has 0 aliphatic rings. The zero-order valence-corrected chi connectivity index (χ0v) is 40.1. The highest BCUT2D eigenvalue weighted by molar-refractivity contribution is 5.93. The van der Waals surface area contributed by atoms with Crippen LogP contribution in [0.3, 0.4) is 0 Å². The Hall–Kier alpha value is -5.78. The molecule has 1 heterocycles. The quantitative estimate of drug-likeness (QED) is 0.0276. The van der Waals surface area contributed by atoms with E-state index in [2.05, 4.69) is 25.8 Å². The summed E-state index contributed by atoms with van der Waals surface area (Å²) in [5.41, 5.74) is 0.802. The van der Waals surface area contributed by atoms with Crippen LogP contribution >= 0.6 is 0 Å². The molecule has 360 valence electrons. The van der Waals surface area contributed by atoms with Crippen molar-refractivity contribution < 1.29 is 52.3 Å². The molecule has 0 spiro atoms. The molecule has 0 fully saturated rings. The number of rotatable bonds is 33. The lowest BCUT2D eigenvalue weighted by atomic mass is 9.92. The second-order valence-electron chi connectivity index (χ2n) is 17.1. The number of esters is 4. The first-order chi connectivity index (χ1) is 32.1. The second kappa shape index (κ2) is 29.7. The summed E-state index contributed by atoms with van der Waals surface area (Å²) in [6.45, 7) is 9.99. The lowest BCUT2D eigenvalue weighted by Crippen LogP contribution is -2.44. The van der Waals surface area contributed by atoms with Gasteiger partial charge in [-0.1, -0.05) is 97.8 Å². The molecule has 0 atom stereocenters. The van der Waals surface area contributed by atoms with Gasteiger partial charge in [-0.25, -0.2) is 19.2 Å². The fourth-order valence-electron chi connectivity index (χ4n) is 7.17. The van der Waals surface area contributed by atoms with Gasteiger partial charge < -0.3 is 38.1 Å². The summed E-state index contributed by atoms with van der Waals surface area (Å²) in [6.07, 6.45) is 18.4. The lowest BCUT2D eigenvalue weighted by Gasteiger charge is -2.31. The fourth-order valence-corrected chi connectivity index (χ4v) is 7.17. The van der Waals surface area contributed by atoms with E-state index in [1.54, 1.807) is 92.8 Å². The van der Waals surface area contributed by atoms with Crippen LogP contribution in [0.1, 0.15) is 170 Å². The van der Waals surface area contributed by atoms with E-state index in [9.17, 15) is 19.2 Å². The number of aromatic amines is 1. The summed E-state index contributed by atoms with van der Waals surface area (Å²) >= 11 is 0. The molecular formula is C54H73NO11. The molecule has 0 bridgehead atoms. The lowest BCUT2D eigenvalue weighted by molar-refractivity contribution is -0.0642. The zero-order valence-electron chi connectivity index (χ0n) is 40.1. The Morgan fingerprint density at radius 3 is 1.02 bits per heavy atom. The molecule has 12 heteroatoms. The third kappa shape index (κ3) is 18.6. The molecule has 0 saturated carbocycles. The number of aryl methyl sites for hydroxylation is 2. The van der Waals surface area contributed by atoms with Gasteiger partial charge in [-0.05, 0) is 111 Å². The number of carbonyl (C=O) groups excluding carboxylic acids is 4. The van der Waals surface area contributed by atoms with E-state index in [1.807, 2.05) is 0 Å². The first kappa shape index (κ1) is 52.8. The van der Waals surface area contributed by atoms with Crippen LogP contribution in [0.4, 0.5) is 0 Å². The average Bonchev–Trinajstić information content (AvgIpc) is 3.68. The number of unbranched alkanes of at least 4 members (excludes halogenated alkanes) is 12. The zero-order chi connectivity index (χ0) is 47.4. The number of ether oxygens (including phenoxy) is 7. The highest BCUT2D eigenvalue weighted by Crippen LogP contribution is 2.26. The molecule has 3 aromatic carbocycles. The highest BCUT2D eigenvalue weighted by Gasteiger charge is 2.39. The van der Waals surface area contributed by atoms with Gasteiger partial charge in [0.25, 0.3) is 0 Å². The van der Waals surface area contributed by atoms with E-state index in [0.717, 1.165) is 38.5 Å². The van der Waals surface area contributed by atoms with Gasteiger partial charge in [0.15, 0.2) is 0 Å². The predicted octanol–water partition coefficient (Wildman–Crippen LogP) is 12.4. The van der Waals surface area contributed by atoms with Gasteiger partial charge in [0.05, 0.1) is 42.1 Å². The maximum absolute atomic E-state index is 13.6. The summed E-state index contributed by atoms with van der Waals surface area (Å²) < 4.78 is 41.2. The van der Waals surface area contributed by atoms with Gasteiger partial charge in [0.1, 0.15) is 49.1 Å². The number of aromatic nitrogens is 1. The van der Waals surface area contributed by atoms with Crippen LogP contribution in [-0.4, -0.2) is 75.1 Å². The second-order valence-corrected chi connectivity index (χ2v) is 17.1. The monoisotopic (exact) mass is 912 g/mol. The van der Waals surface area contributed by atoms with E-state index >= 15 is 0 Å². The molecule has 0 saturated heterocycles. The van der Waals surface area contributed by atoms with E-state index in [-0.39, 0.29) is 16.7 Å². The van der Waals surface area contributed by atoms with Crippen LogP contribution < -0.4 is 14.2 Å². The van der Waals surface area contributed by atoms with Crippen molar-refractivity contribution >= 4 is 23.9 Å². The molecule has 4 aromatic rings. The van der Waals surface area contributed by atoms with E-state index < -0.39 is 55.7 Å². The molecule has 0 radical (unpaired) electrons. The van der Waals surface area contributed by atoms with Crippen LogP contribution in [-0.2, 0) is 18.9 Å². The van der Waals surface area contributed by atoms with Crippen molar-refractivity contribution in [3.05, 3.63) is 113 Å². The predicted molar refractivity (Wildman–Crippen MR) is 256 cm³/mol. The number of hydrogen-bond acceptors (Lipinski definition) is 11. The molecular weight excluding hydrogens is 839 g/mol. The summed E-state index contributed by atoms with van der Waals surface area (Å²) in [7, 11) is 0. The van der Waals surface area contributed by atoms with Gasteiger partial charge >= 0.3 is 23.9 Å². The van der Waals surface area contributed by atoms with Crippen molar-refractivity contribution in [3.63, 3.8) is 0 Å². The average molecular weight is 912 g/mol. The minimum absolute atomic E-state index is 0.246. The molecule has 0 aliphatic carbocycles. The largest absolute Gasteiger partial charge is 0.494 e. The number of benzene rings is 3. The first-order valence-corrected chi connectivity index (χ1v) is 24.1. The SMILES string of the molecule is CCCCCCCOc1ccc(C(=O)OCC(COC(=O)c2ccc(OCCCCCCC)cc2)(COC(=O)c2ccc(OCCCCCCC)cc2)COC(=O)c2c(C)c[nH]c2C)cc1. The van der Waals surface area contributed by atoms with Crippen LogP contribution in [0.25, 0.3) is 0 Å². The molecule has 12 nitrogen and oxygen atoms in total. The van der Waals surface area contributed by atoms with Crippen molar-refractivity contribution in [2.75, 3.05) is 46.2 Å². The standard InChI is InChI=1S/C54H73NO11/c1-6-9-12-15-18-33-60-46-27-21-43(22-28-46)50(56)63-37-54(40-66-53(59)49-41(4)36-55-42(49)5,38-64-51(57)44-23-29-47(30-24-44)61-34-19-16-13-10-7-2)39-65-52(58)45-25-31-48(32-26-45)62-35-20-17-14-11-8-3/h21-32,36,55H,6-20,33-35,37-40H2,1-5H3. The fraction of sp³-hybridized carbons (Fsp3) is 0.519. The summed E-state index contributed by atoms with van der Waals surface area (Å²) in [4.78, 5) is 57.5. The summed E-state index contributed by atoms with van der Waals surface area (Å²) in [5.74, 6) is -0.831. The molecule has 1 N–H and O–H groups in total. The summed E-state index contributed by atoms with van der Waals surface area (Å²) in [5, 5.41) is 0. The molecule has 0 unspecified atom stereocenters. The Labute approximate surface area is 392 Å². The summed E-state index contributed by atoms with van der Waals surface area (Å²) in [6, 6.07) is 19.9. The van der Waals surface area contributed by atoms with Crippen LogP contribution in [0.5, 0.6) is 17.2 Å².